The number of benzene rings is 1. The van der Waals surface area contributed by atoms with E-state index in [9.17, 15) is 9.18 Å². The van der Waals surface area contributed by atoms with E-state index in [1.807, 2.05) is 0 Å². The summed E-state index contributed by atoms with van der Waals surface area (Å²) in [6.45, 7) is 2.00. The van der Waals surface area contributed by atoms with Crippen LogP contribution in [0.4, 0.5) is 4.39 Å². The maximum Gasteiger partial charge on any atom is 0.248 e. The van der Waals surface area contributed by atoms with Crippen molar-refractivity contribution in [3.05, 3.63) is 28.5 Å². The van der Waals surface area contributed by atoms with Crippen molar-refractivity contribution in [2.24, 2.45) is 5.73 Å². The van der Waals surface area contributed by atoms with Crippen molar-refractivity contribution in [1.82, 2.24) is 0 Å². The lowest BCUT2D eigenvalue weighted by molar-refractivity contribution is 0.1000. The zero-order valence-electron chi connectivity index (χ0n) is 7.51. The predicted molar refractivity (Wildman–Crippen MR) is 51.1 cm³/mol. The summed E-state index contributed by atoms with van der Waals surface area (Å²) in [7, 11) is 0. The Morgan fingerprint density at radius 1 is 1.64 bits per heavy atom. The Morgan fingerprint density at radius 3 is 2.71 bits per heavy atom. The van der Waals surface area contributed by atoms with E-state index < -0.39 is 11.7 Å². The molecule has 0 atom stereocenters. The summed E-state index contributed by atoms with van der Waals surface area (Å²) < 4.78 is 18.2. The molecule has 0 radical (unpaired) electrons. The summed E-state index contributed by atoms with van der Waals surface area (Å²) in [5.41, 5.74) is 4.99. The molecular weight excluding hydrogens is 209 g/mol. The molecule has 0 spiro atoms. The van der Waals surface area contributed by atoms with Crippen LogP contribution in [0.25, 0.3) is 0 Å². The molecule has 0 saturated heterocycles. The van der Waals surface area contributed by atoms with Gasteiger partial charge in [-0.3, -0.25) is 4.79 Å². The molecule has 76 valence electrons. The fourth-order valence-corrected chi connectivity index (χ4v) is 1.25. The molecular formula is C9H9ClFNO2. The van der Waals surface area contributed by atoms with Crippen molar-refractivity contribution in [1.29, 1.82) is 0 Å². The smallest absolute Gasteiger partial charge is 0.248 e. The Bertz CT molecular complexity index is 345. The van der Waals surface area contributed by atoms with Crippen molar-refractivity contribution in [2.75, 3.05) is 6.61 Å². The van der Waals surface area contributed by atoms with Gasteiger partial charge in [0.15, 0.2) is 11.6 Å². The van der Waals surface area contributed by atoms with Crippen LogP contribution in [0.2, 0.25) is 5.02 Å². The largest absolute Gasteiger partial charge is 0.489 e. The molecule has 1 aromatic rings. The number of hydrogen-bond donors (Lipinski definition) is 1. The molecule has 0 bridgehead atoms. The van der Waals surface area contributed by atoms with Gasteiger partial charge in [-0.15, -0.1) is 0 Å². The second-order valence-corrected chi connectivity index (χ2v) is 2.97. The zero-order chi connectivity index (χ0) is 10.7. The molecule has 0 fully saturated rings. The number of amides is 1. The molecule has 0 heterocycles. The molecule has 1 amide bonds. The molecule has 1 aromatic carbocycles. The minimum atomic E-state index is -0.728. The summed E-state index contributed by atoms with van der Waals surface area (Å²) in [5, 5.41) is 0.0423. The lowest BCUT2D eigenvalue weighted by Crippen LogP contribution is -2.11. The predicted octanol–water partition coefficient (Wildman–Crippen LogP) is 1.98. The van der Waals surface area contributed by atoms with Crippen LogP contribution in [0.5, 0.6) is 5.75 Å². The van der Waals surface area contributed by atoms with Crippen LogP contribution in [0.1, 0.15) is 17.3 Å². The first-order chi connectivity index (χ1) is 6.56. The average molecular weight is 218 g/mol. The number of rotatable bonds is 3. The summed E-state index contributed by atoms with van der Waals surface area (Å²) in [6.07, 6.45) is 0. The van der Waals surface area contributed by atoms with E-state index in [0.717, 1.165) is 6.07 Å². The Hall–Kier alpha value is -1.29. The quantitative estimate of drug-likeness (QED) is 0.842. The number of carbonyl (C=O) groups is 1. The Labute approximate surface area is 85.6 Å². The minimum absolute atomic E-state index is 0.0240. The third-order valence-corrected chi connectivity index (χ3v) is 1.85. The maximum absolute atomic E-state index is 13.2. The highest BCUT2D eigenvalue weighted by Crippen LogP contribution is 2.29. The Kier molecular flexibility index (Phi) is 3.30. The van der Waals surface area contributed by atoms with E-state index in [-0.39, 0.29) is 16.3 Å². The van der Waals surface area contributed by atoms with Gasteiger partial charge in [0.25, 0.3) is 0 Å². The number of ether oxygens (including phenoxy) is 1. The van der Waals surface area contributed by atoms with Crippen LogP contribution in [0.15, 0.2) is 12.1 Å². The normalized spacial score (nSPS) is 9.93. The first kappa shape index (κ1) is 10.8. The van der Waals surface area contributed by atoms with E-state index in [1.165, 1.54) is 6.07 Å². The number of carbonyl (C=O) groups excluding carboxylic acids is 1. The molecule has 0 aliphatic carbocycles. The number of hydrogen-bond acceptors (Lipinski definition) is 2. The lowest BCUT2D eigenvalue weighted by atomic mass is 10.2. The van der Waals surface area contributed by atoms with Gasteiger partial charge in [0.05, 0.1) is 11.6 Å². The highest BCUT2D eigenvalue weighted by Gasteiger charge is 2.12. The van der Waals surface area contributed by atoms with Crippen LogP contribution < -0.4 is 10.5 Å². The van der Waals surface area contributed by atoms with Gasteiger partial charge < -0.3 is 10.5 Å². The molecule has 1 rings (SSSR count). The Morgan fingerprint density at radius 2 is 2.29 bits per heavy atom. The summed E-state index contributed by atoms with van der Waals surface area (Å²) in [5.74, 6) is -1.47. The van der Waals surface area contributed by atoms with E-state index in [2.05, 4.69) is 0 Å². The molecule has 14 heavy (non-hydrogen) atoms. The monoisotopic (exact) mass is 217 g/mol. The van der Waals surface area contributed by atoms with Crippen molar-refractivity contribution in [3.8, 4) is 5.75 Å². The first-order valence-corrected chi connectivity index (χ1v) is 4.35. The van der Waals surface area contributed by atoms with Gasteiger partial charge in [-0.25, -0.2) is 4.39 Å². The van der Waals surface area contributed by atoms with Gasteiger partial charge in [-0.1, -0.05) is 11.6 Å². The highest BCUT2D eigenvalue weighted by atomic mass is 35.5. The molecule has 0 unspecified atom stereocenters. The number of primary amides is 1. The first-order valence-electron chi connectivity index (χ1n) is 3.98. The van der Waals surface area contributed by atoms with Crippen LogP contribution in [0.3, 0.4) is 0 Å². The van der Waals surface area contributed by atoms with Crippen molar-refractivity contribution >= 4 is 17.5 Å². The van der Waals surface area contributed by atoms with Gasteiger partial charge >= 0.3 is 0 Å². The molecule has 0 aromatic heterocycles. The molecule has 0 saturated carbocycles. The Balaban J connectivity index is 3.18. The SMILES string of the molecule is CCOc1c(F)cc(C(N)=O)cc1Cl. The van der Waals surface area contributed by atoms with E-state index in [1.54, 1.807) is 6.92 Å². The maximum atomic E-state index is 13.2. The van der Waals surface area contributed by atoms with Crippen molar-refractivity contribution in [3.63, 3.8) is 0 Å². The van der Waals surface area contributed by atoms with Crippen LogP contribution in [-0.4, -0.2) is 12.5 Å². The summed E-state index contributed by atoms with van der Waals surface area (Å²) in [6, 6.07) is 2.27. The van der Waals surface area contributed by atoms with E-state index >= 15 is 0 Å². The van der Waals surface area contributed by atoms with E-state index in [4.69, 9.17) is 22.1 Å². The van der Waals surface area contributed by atoms with Crippen LogP contribution >= 0.6 is 11.6 Å². The molecule has 5 heteroatoms. The topological polar surface area (TPSA) is 52.3 Å². The van der Waals surface area contributed by atoms with Gasteiger partial charge in [-0.2, -0.15) is 0 Å². The second-order valence-electron chi connectivity index (χ2n) is 2.57. The van der Waals surface area contributed by atoms with Crippen LogP contribution in [-0.2, 0) is 0 Å². The average Bonchev–Trinajstić information content (AvgIpc) is 2.10. The van der Waals surface area contributed by atoms with Gasteiger partial charge in [-0.05, 0) is 19.1 Å². The van der Waals surface area contributed by atoms with Crippen molar-refractivity contribution < 1.29 is 13.9 Å². The van der Waals surface area contributed by atoms with Gasteiger partial charge in [0.2, 0.25) is 5.91 Å². The third kappa shape index (κ3) is 2.14. The van der Waals surface area contributed by atoms with E-state index in [0.29, 0.717) is 6.61 Å². The molecule has 0 aliphatic rings. The second kappa shape index (κ2) is 4.28. The molecule has 3 nitrogen and oxygen atoms in total. The lowest BCUT2D eigenvalue weighted by Gasteiger charge is -2.07. The summed E-state index contributed by atoms with van der Waals surface area (Å²) in [4.78, 5) is 10.7. The molecule has 0 aliphatic heterocycles. The highest BCUT2D eigenvalue weighted by molar-refractivity contribution is 6.32. The van der Waals surface area contributed by atoms with Gasteiger partial charge in [0.1, 0.15) is 0 Å². The zero-order valence-corrected chi connectivity index (χ0v) is 8.27. The fourth-order valence-electron chi connectivity index (χ4n) is 0.984. The van der Waals surface area contributed by atoms with Crippen LogP contribution in [0, 0.1) is 5.82 Å². The number of halogens is 2. The molecule has 2 N–H and O–H groups in total. The summed E-state index contributed by atoms with van der Waals surface area (Å²) >= 11 is 5.68. The van der Waals surface area contributed by atoms with Gasteiger partial charge in [0, 0.05) is 5.56 Å². The van der Waals surface area contributed by atoms with Crippen molar-refractivity contribution in [2.45, 2.75) is 6.92 Å². The fraction of sp³-hybridized carbons (Fsp3) is 0.222. The number of nitrogens with two attached hydrogens (primary N) is 1. The standard InChI is InChI=1S/C9H9ClFNO2/c1-2-14-8-6(10)3-5(9(12)13)4-7(8)11/h3-4H,2H2,1H3,(H2,12,13). The minimum Gasteiger partial charge on any atom is -0.489 e. The third-order valence-electron chi connectivity index (χ3n) is 1.57.